The van der Waals surface area contributed by atoms with Crippen LogP contribution in [-0.2, 0) is 4.74 Å². The molecule has 0 aromatic carbocycles. The summed E-state index contributed by atoms with van der Waals surface area (Å²) in [6.07, 6.45) is 10.6. The van der Waals surface area contributed by atoms with Gasteiger partial charge in [-0.2, -0.15) is 0 Å². The van der Waals surface area contributed by atoms with Crippen LogP contribution < -0.4 is 5.32 Å². The Morgan fingerprint density at radius 3 is 2.50 bits per heavy atom. The normalized spacial score (nSPS) is 35.8. The van der Waals surface area contributed by atoms with Crippen LogP contribution in [-0.4, -0.2) is 24.8 Å². The molecule has 0 bridgehead atoms. The Morgan fingerprint density at radius 2 is 1.89 bits per heavy atom. The highest BCUT2D eigenvalue weighted by atomic mass is 16.5. The summed E-state index contributed by atoms with van der Waals surface area (Å²) in [5, 5.41) is 3.86. The zero-order valence-corrected chi connectivity index (χ0v) is 12.6. The van der Waals surface area contributed by atoms with Crippen LogP contribution in [0.2, 0.25) is 0 Å². The largest absolute Gasteiger partial charge is 0.375 e. The zero-order valence-electron chi connectivity index (χ0n) is 12.6. The van der Waals surface area contributed by atoms with Gasteiger partial charge in [-0.15, -0.1) is 0 Å². The van der Waals surface area contributed by atoms with E-state index in [9.17, 15) is 0 Å². The van der Waals surface area contributed by atoms with E-state index in [0.29, 0.717) is 11.5 Å². The van der Waals surface area contributed by atoms with Crippen LogP contribution in [0.1, 0.15) is 72.1 Å². The SMILES string of the molecule is CCC1(CNC2CCOC(C)(CC)C2)CCCC1. The molecule has 2 atom stereocenters. The van der Waals surface area contributed by atoms with Gasteiger partial charge in [-0.25, -0.2) is 0 Å². The molecule has 0 aromatic heterocycles. The molecule has 1 aliphatic carbocycles. The van der Waals surface area contributed by atoms with E-state index < -0.39 is 0 Å². The topological polar surface area (TPSA) is 21.3 Å². The van der Waals surface area contributed by atoms with Gasteiger partial charge in [0.05, 0.1) is 5.60 Å². The van der Waals surface area contributed by atoms with Crippen LogP contribution in [0.25, 0.3) is 0 Å². The fourth-order valence-corrected chi connectivity index (χ4v) is 3.69. The second-order valence-corrected chi connectivity index (χ2v) is 6.78. The summed E-state index contributed by atoms with van der Waals surface area (Å²) >= 11 is 0. The second-order valence-electron chi connectivity index (χ2n) is 6.78. The second kappa shape index (κ2) is 5.92. The van der Waals surface area contributed by atoms with Crippen molar-refractivity contribution in [2.75, 3.05) is 13.2 Å². The molecule has 2 heteroatoms. The summed E-state index contributed by atoms with van der Waals surface area (Å²) in [4.78, 5) is 0. The average molecular weight is 253 g/mol. The third-order valence-corrected chi connectivity index (χ3v) is 5.52. The first kappa shape index (κ1) is 14.3. The summed E-state index contributed by atoms with van der Waals surface area (Å²) in [7, 11) is 0. The molecule has 2 aliphatic rings. The first-order chi connectivity index (χ1) is 8.61. The fourth-order valence-electron chi connectivity index (χ4n) is 3.69. The molecular weight excluding hydrogens is 222 g/mol. The Kier molecular flexibility index (Phi) is 4.71. The lowest BCUT2D eigenvalue weighted by Crippen LogP contribution is -2.47. The van der Waals surface area contributed by atoms with Crippen LogP contribution in [0.4, 0.5) is 0 Å². The Balaban J connectivity index is 1.82. The van der Waals surface area contributed by atoms with Crippen molar-refractivity contribution in [1.82, 2.24) is 5.32 Å². The van der Waals surface area contributed by atoms with E-state index in [1.165, 1.54) is 51.5 Å². The van der Waals surface area contributed by atoms with Gasteiger partial charge in [0.2, 0.25) is 0 Å². The molecule has 106 valence electrons. The average Bonchev–Trinajstić information content (AvgIpc) is 2.86. The molecule has 1 saturated carbocycles. The van der Waals surface area contributed by atoms with Crippen molar-refractivity contribution in [3.05, 3.63) is 0 Å². The van der Waals surface area contributed by atoms with Gasteiger partial charge in [0.1, 0.15) is 0 Å². The molecule has 0 amide bonds. The van der Waals surface area contributed by atoms with Crippen LogP contribution in [0.3, 0.4) is 0 Å². The molecule has 1 N–H and O–H groups in total. The van der Waals surface area contributed by atoms with Gasteiger partial charge in [0, 0.05) is 19.2 Å². The maximum atomic E-state index is 5.93. The number of hydrogen-bond donors (Lipinski definition) is 1. The highest BCUT2D eigenvalue weighted by molar-refractivity contribution is 4.90. The van der Waals surface area contributed by atoms with E-state index in [-0.39, 0.29) is 5.60 Å². The van der Waals surface area contributed by atoms with E-state index in [1.807, 2.05) is 0 Å². The quantitative estimate of drug-likeness (QED) is 0.802. The molecule has 0 radical (unpaired) electrons. The minimum Gasteiger partial charge on any atom is -0.375 e. The number of ether oxygens (including phenoxy) is 1. The molecule has 2 unspecified atom stereocenters. The maximum absolute atomic E-state index is 5.93. The number of nitrogens with one attached hydrogen (secondary N) is 1. The highest BCUT2D eigenvalue weighted by Gasteiger charge is 2.35. The Labute approximate surface area is 113 Å². The highest BCUT2D eigenvalue weighted by Crippen LogP contribution is 2.40. The smallest absolute Gasteiger partial charge is 0.0666 e. The van der Waals surface area contributed by atoms with Gasteiger partial charge in [0.25, 0.3) is 0 Å². The van der Waals surface area contributed by atoms with Crippen molar-refractivity contribution in [2.45, 2.75) is 83.8 Å². The van der Waals surface area contributed by atoms with Crippen molar-refractivity contribution in [1.29, 1.82) is 0 Å². The standard InChI is InChI=1S/C16H31NO/c1-4-15(3)12-14(8-11-18-15)17-13-16(5-2)9-6-7-10-16/h14,17H,4-13H2,1-3H3. The first-order valence-corrected chi connectivity index (χ1v) is 7.99. The molecule has 2 rings (SSSR count). The summed E-state index contributed by atoms with van der Waals surface area (Å²) in [5.74, 6) is 0. The summed E-state index contributed by atoms with van der Waals surface area (Å²) in [5.41, 5.74) is 0.728. The first-order valence-electron chi connectivity index (χ1n) is 7.99. The van der Waals surface area contributed by atoms with Gasteiger partial charge in [-0.1, -0.05) is 26.7 Å². The van der Waals surface area contributed by atoms with E-state index in [0.717, 1.165) is 13.0 Å². The Bertz CT molecular complexity index is 260. The van der Waals surface area contributed by atoms with Crippen molar-refractivity contribution in [3.8, 4) is 0 Å². The molecular formula is C16H31NO. The lowest BCUT2D eigenvalue weighted by molar-refractivity contribution is -0.0788. The van der Waals surface area contributed by atoms with Crippen molar-refractivity contribution >= 4 is 0 Å². The molecule has 2 fully saturated rings. The van der Waals surface area contributed by atoms with Crippen LogP contribution >= 0.6 is 0 Å². The minimum absolute atomic E-state index is 0.116. The lowest BCUT2D eigenvalue weighted by atomic mass is 9.82. The minimum atomic E-state index is 0.116. The predicted octanol–water partition coefficient (Wildman–Crippen LogP) is 3.89. The van der Waals surface area contributed by atoms with E-state index in [4.69, 9.17) is 4.74 Å². The molecule has 1 heterocycles. The zero-order chi connectivity index (χ0) is 13.1. The monoisotopic (exact) mass is 253 g/mol. The summed E-state index contributed by atoms with van der Waals surface area (Å²) in [6, 6.07) is 0.674. The van der Waals surface area contributed by atoms with E-state index in [2.05, 4.69) is 26.1 Å². The molecule has 1 aliphatic heterocycles. The number of hydrogen-bond acceptors (Lipinski definition) is 2. The van der Waals surface area contributed by atoms with Crippen LogP contribution in [0.15, 0.2) is 0 Å². The van der Waals surface area contributed by atoms with Gasteiger partial charge in [0.15, 0.2) is 0 Å². The van der Waals surface area contributed by atoms with E-state index >= 15 is 0 Å². The lowest BCUT2D eigenvalue weighted by Gasteiger charge is -2.40. The Hall–Kier alpha value is -0.0800. The van der Waals surface area contributed by atoms with E-state index in [1.54, 1.807) is 0 Å². The molecule has 18 heavy (non-hydrogen) atoms. The van der Waals surface area contributed by atoms with Gasteiger partial charge in [-0.05, 0) is 50.9 Å². The third-order valence-electron chi connectivity index (χ3n) is 5.52. The summed E-state index contributed by atoms with van der Waals surface area (Å²) < 4.78 is 5.93. The predicted molar refractivity (Wildman–Crippen MR) is 76.9 cm³/mol. The molecule has 2 nitrogen and oxygen atoms in total. The third kappa shape index (κ3) is 3.27. The molecule has 0 aromatic rings. The molecule has 1 saturated heterocycles. The van der Waals surface area contributed by atoms with Crippen LogP contribution in [0, 0.1) is 5.41 Å². The molecule has 0 spiro atoms. The van der Waals surface area contributed by atoms with Crippen LogP contribution in [0.5, 0.6) is 0 Å². The van der Waals surface area contributed by atoms with Crippen molar-refractivity contribution in [2.24, 2.45) is 5.41 Å². The fraction of sp³-hybridized carbons (Fsp3) is 1.00. The van der Waals surface area contributed by atoms with Gasteiger partial charge in [-0.3, -0.25) is 0 Å². The maximum Gasteiger partial charge on any atom is 0.0666 e. The van der Waals surface area contributed by atoms with Gasteiger partial charge >= 0.3 is 0 Å². The van der Waals surface area contributed by atoms with Crippen molar-refractivity contribution < 1.29 is 4.74 Å². The number of rotatable bonds is 5. The van der Waals surface area contributed by atoms with Gasteiger partial charge < -0.3 is 10.1 Å². The van der Waals surface area contributed by atoms with Crippen molar-refractivity contribution in [3.63, 3.8) is 0 Å². The Morgan fingerprint density at radius 1 is 1.17 bits per heavy atom. The summed E-state index contributed by atoms with van der Waals surface area (Å²) in [6.45, 7) is 9.04.